The molecular weight excluding hydrogens is 220 g/mol. The highest BCUT2D eigenvalue weighted by Crippen LogP contribution is 2.18. The van der Waals surface area contributed by atoms with Crippen LogP contribution in [-0.2, 0) is 4.74 Å². The van der Waals surface area contributed by atoms with Gasteiger partial charge in [0.05, 0.1) is 0 Å². The molecule has 0 rings (SSSR count). The van der Waals surface area contributed by atoms with Crippen molar-refractivity contribution in [3.8, 4) is 0 Å². The monoisotopic (exact) mass is 246 g/mol. The van der Waals surface area contributed by atoms with E-state index in [1.807, 2.05) is 0 Å². The average Bonchev–Trinajstić information content (AvgIpc) is 2.24. The summed E-state index contributed by atoms with van der Waals surface area (Å²) >= 11 is 5.19. The summed E-state index contributed by atoms with van der Waals surface area (Å²) < 4.78 is 5.09. The number of nitrogens with one attached hydrogen (secondary N) is 2. The lowest BCUT2D eigenvalue weighted by atomic mass is 9.90. The van der Waals surface area contributed by atoms with Crippen molar-refractivity contribution in [3.05, 3.63) is 0 Å². The van der Waals surface area contributed by atoms with E-state index >= 15 is 0 Å². The molecule has 0 saturated heterocycles. The van der Waals surface area contributed by atoms with Crippen molar-refractivity contribution < 1.29 is 4.74 Å². The SMILES string of the molecule is CCCCNC(=S)NCC(C)(C)CCOC. The van der Waals surface area contributed by atoms with Crippen LogP contribution in [0.3, 0.4) is 0 Å². The largest absolute Gasteiger partial charge is 0.385 e. The summed E-state index contributed by atoms with van der Waals surface area (Å²) in [5, 5.41) is 7.22. The summed E-state index contributed by atoms with van der Waals surface area (Å²) in [6.07, 6.45) is 3.39. The number of hydrogen-bond donors (Lipinski definition) is 2. The molecule has 0 heterocycles. The highest BCUT2D eigenvalue weighted by atomic mass is 32.1. The topological polar surface area (TPSA) is 33.3 Å². The summed E-state index contributed by atoms with van der Waals surface area (Å²) in [6, 6.07) is 0. The Labute approximate surface area is 105 Å². The Morgan fingerprint density at radius 2 is 2.00 bits per heavy atom. The molecule has 0 atom stereocenters. The molecule has 2 N–H and O–H groups in total. The Hall–Kier alpha value is -0.350. The fraction of sp³-hybridized carbons (Fsp3) is 0.917. The van der Waals surface area contributed by atoms with E-state index in [-0.39, 0.29) is 5.41 Å². The number of thiocarbonyl (C=S) groups is 1. The van der Waals surface area contributed by atoms with E-state index in [1.54, 1.807) is 7.11 Å². The Morgan fingerprint density at radius 3 is 2.56 bits per heavy atom. The zero-order valence-corrected chi connectivity index (χ0v) is 11.9. The number of ether oxygens (including phenoxy) is 1. The molecule has 0 amide bonds. The molecule has 0 spiro atoms. The Morgan fingerprint density at radius 1 is 1.31 bits per heavy atom. The van der Waals surface area contributed by atoms with Crippen LogP contribution in [0.2, 0.25) is 0 Å². The van der Waals surface area contributed by atoms with E-state index in [1.165, 1.54) is 6.42 Å². The number of unbranched alkanes of at least 4 members (excludes halogenated alkanes) is 1. The molecule has 0 aromatic carbocycles. The minimum atomic E-state index is 0.215. The van der Waals surface area contributed by atoms with Crippen LogP contribution in [0, 0.1) is 5.41 Å². The first-order valence-electron chi connectivity index (χ1n) is 6.02. The third-order valence-electron chi connectivity index (χ3n) is 2.53. The van der Waals surface area contributed by atoms with Crippen molar-refractivity contribution in [2.45, 2.75) is 40.0 Å². The van der Waals surface area contributed by atoms with Crippen LogP contribution >= 0.6 is 12.2 Å². The Bertz CT molecular complexity index is 195. The molecule has 3 nitrogen and oxygen atoms in total. The fourth-order valence-electron chi connectivity index (χ4n) is 1.23. The van der Waals surface area contributed by atoms with Gasteiger partial charge >= 0.3 is 0 Å². The maximum absolute atomic E-state index is 5.19. The van der Waals surface area contributed by atoms with Gasteiger partial charge in [0.1, 0.15) is 0 Å². The van der Waals surface area contributed by atoms with E-state index in [0.29, 0.717) is 0 Å². The molecule has 16 heavy (non-hydrogen) atoms. The maximum atomic E-state index is 5.19. The van der Waals surface area contributed by atoms with Gasteiger partial charge in [0.15, 0.2) is 5.11 Å². The van der Waals surface area contributed by atoms with Crippen LogP contribution in [0.5, 0.6) is 0 Å². The molecule has 0 aromatic rings. The first-order valence-corrected chi connectivity index (χ1v) is 6.43. The van der Waals surface area contributed by atoms with E-state index < -0.39 is 0 Å². The van der Waals surface area contributed by atoms with Crippen molar-refractivity contribution in [1.82, 2.24) is 10.6 Å². The molecule has 0 aliphatic carbocycles. The smallest absolute Gasteiger partial charge is 0.166 e. The van der Waals surface area contributed by atoms with Crippen molar-refractivity contribution in [2.24, 2.45) is 5.41 Å². The van der Waals surface area contributed by atoms with Gasteiger partial charge in [-0.25, -0.2) is 0 Å². The van der Waals surface area contributed by atoms with E-state index in [4.69, 9.17) is 17.0 Å². The lowest BCUT2D eigenvalue weighted by molar-refractivity contribution is 0.153. The van der Waals surface area contributed by atoms with Crippen molar-refractivity contribution in [1.29, 1.82) is 0 Å². The van der Waals surface area contributed by atoms with Gasteiger partial charge in [-0.05, 0) is 30.5 Å². The van der Waals surface area contributed by atoms with E-state index in [0.717, 1.165) is 37.7 Å². The fourth-order valence-corrected chi connectivity index (χ4v) is 1.40. The summed E-state index contributed by atoms with van der Waals surface area (Å²) in [5.74, 6) is 0. The normalized spacial score (nSPS) is 11.2. The van der Waals surface area contributed by atoms with Gasteiger partial charge in [-0.3, -0.25) is 0 Å². The van der Waals surface area contributed by atoms with Crippen LogP contribution < -0.4 is 10.6 Å². The molecule has 0 fully saturated rings. The van der Waals surface area contributed by atoms with Crippen molar-refractivity contribution in [3.63, 3.8) is 0 Å². The first-order chi connectivity index (χ1) is 7.52. The predicted octanol–water partition coefficient (Wildman–Crippen LogP) is 2.31. The van der Waals surface area contributed by atoms with Crippen LogP contribution in [0.15, 0.2) is 0 Å². The minimum absolute atomic E-state index is 0.215. The molecule has 0 aromatic heterocycles. The summed E-state index contributed by atoms with van der Waals surface area (Å²) in [7, 11) is 1.74. The standard InChI is InChI=1S/C12H26N2OS/c1-5-6-8-13-11(16)14-10-12(2,3)7-9-15-4/h5-10H2,1-4H3,(H2,13,14,16). The van der Waals surface area contributed by atoms with Crippen LogP contribution in [0.1, 0.15) is 40.0 Å². The molecular formula is C12H26N2OS. The minimum Gasteiger partial charge on any atom is -0.385 e. The van der Waals surface area contributed by atoms with Crippen LogP contribution in [-0.4, -0.2) is 31.9 Å². The molecule has 0 radical (unpaired) electrons. The highest BCUT2D eigenvalue weighted by Gasteiger charge is 2.17. The van der Waals surface area contributed by atoms with Crippen LogP contribution in [0.4, 0.5) is 0 Å². The summed E-state index contributed by atoms with van der Waals surface area (Å²) in [4.78, 5) is 0. The van der Waals surface area contributed by atoms with Gasteiger partial charge in [-0.1, -0.05) is 27.2 Å². The average molecular weight is 246 g/mol. The predicted molar refractivity (Wildman–Crippen MR) is 73.8 cm³/mol. The molecule has 0 aliphatic rings. The van der Waals surface area contributed by atoms with E-state index in [2.05, 4.69) is 31.4 Å². The number of methoxy groups -OCH3 is 1. The number of hydrogen-bond acceptors (Lipinski definition) is 2. The second-order valence-electron chi connectivity index (χ2n) is 4.87. The van der Waals surface area contributed by atoms with Crippen LogP contribution in [0.25, 0.3) is 0 Å². The highest BCUT2D eigenvalue weighted by molar-refractivity contribution is 7.80. The molecule has 0 bridgehead atoms. The zero-order chi connectivity index (χ0) is 12.4. The third kappa shape index (κ3) is 8.92. The zero-order valence-electron chi connectivity index (χ0n) is 11.1. The lowest BCUT2D eigenvalue weighted by Gasteiger charge is -2.25. The van der Waals surface area contributed by atoms with Gasteiger partial charge < -0.3 is 15.4 Å². The van der Waals surface area contributed by atoms with Crippen molar-refractivity contribution in [2.75, 3.05) is 26.8 Å². The van der Waals surface area contributed by atoms with Gasteiger partial charge in [-0.2, -0.15) is 0 Å². The third-order valence-corrected chi connectivity index (χ3v) is 2.82. The summed E-state index contributed by atoms with van der Waals surface area (Å²) in [6.45, 7) is 9.24. The second kappa shape index (κ2) is 8.76. The number of rotatable bonds is 8. The molecule has 0 unspecified atom stereocenters. The van der Waals surface area contributed by atoms with Gasteiger partial charge in [0, 0.05) is 26.8 Å². The van der Waals surface area contributed by atoms with Gasteiger partial charge in [-0.15, -0.1) is 0 Å². The molecule has 0 aliphatic heterocycles. The molecule has 0 saturated carbocycles. The quantitative estimate of drug-likeness (QED) is 0.509. The Kier molecular flexibility index (Phi) is 8.57. The molecule has 4 heteroatoms. The van der Waals surface area contributed by atoms with Gasteiger partial charge in [0.25, 0.3) is 0 Å². The first kappa shape index (κ1) is 15.7. The van der Waals surface area contributed by atoms with Gasteiger partial charge in [0.2, 0.25) is 0 Å². The summed E-state index contributed by atoms with van der Waals surface area (Å²) in [5.41, 5.74) is 0.215. The van der Waals surface area contributed by atoms with E-state index in [9.17, 15) is 0 Å². The maximum Gasteiger partial charge on any atom is 0.166 e. The van der Waals surface area contributed by atoms with Crippen molar-refractivity contribution >= 4 is 17.3 Å². The Balaban J connectivity index is 3.64. The second-order valence-corrected chi connectivity index (χ2v) is 5.28. The molecule has 96 valence electrons. The lowest BCUT2D eigenvalue weighted by Crippen LogP contribution is -2.41.